The molecule has 0 heterocycles. The van der Waals surface area contributed by atoms with Gasteiger partial charge in [0.15, 0.2) is 0 Å². The second-order valence-electron chi connectivity index (χ2n) is 9.49. The number of rotatable bonds is 23. The minimum atomic E-state index is 0.720. The summed E-state index contributed by atoms with van der Waals surface area (Å²) in [7, 11) is 0. The number of nitrogens with zero attached hydrogens (tertiary/aromatic N) is 1. The van der Waals surface area contributed by atoms with E-state index in [0.717, 1.165) is 6.04 Å². The summed E-state index contributed by atoms with van der Waals surface area (Å²) >= 11 is 0. The first-order chi connectivity index (χ1) is 13.7. The van der Waals surface area contributed by atoms with Crippen LogP contribution in [0.5, 0.6) is 0 Å². The van der Waals surface area contributed by atoms with E-state index in [0.29, 0.717) is 0 Å². The van der Waals surface area contributed by atoms with Gasteiger partial charge in [0.25, 0.3) is 0 Å². The second kappa shape index (κ2) is 23.2. The Hall–Kier alpha value is -0.0400. The molecule has 0 aliphatic heterocycles. The Balaban J connectivity index is 3.44. The van der Waals surface area contributed by atoms with Crippen LogP contribution in [-0.4, -0.2) is 24.0 Å². The molecule has 0 aliphatic rings. The lowest BCUT2D eigenvalue weighted by atomic mass is 10.1. The van der Waals surface area contributed by atoms with Crippen LogP contribution in [0.2, 0.25) is 0 Å². The van der Waals surface area contributed by atoms with E-state index in [2.05, 4.69) is 32.6 Å². The smallest absolute Gasteiger partial charge is 0.00385 e. The van der Waals surface area contributed by atoms with Crippen molar-refractivity contribution in [3.63, 3.8) is 0 Å². The molecule has 0 unspecified atom stereocenters. The van der Waals surface area contributed by atoms with Gasteiger partial charge in [-0.2, -0.15) is 0 Å². The lowest BCUT2D eigenvalue weighted by molar-refractivity contribution is 0.211. The summed E-state index contributed by atoms with van der Waals surface area (Å²) in [4.78, 5) is 2.73. The van der Waals surface area contributed by atoms with E-state index in [1.807, 2.05) is 0 Å². The molecule has 0 rings (SSSR count). The Bertz CT molecular complexity index is 249. The van der Waals surface area contributed by atoms with E-state index < -0.39 is 0 Å². The molecule has 0 atom stereocenters. The van der Waals surface area contributed by atoms with Crippen LogP contribution >= 0.6 is 0 Å². The van der Waals surface area contributed by atoms with Crippen LogP contribution in [0.1, 0.15) is 156 Å². The van der Waals surface area contributed by atoms with Crippen molar-refractivity contribution in [2.75, 3.05) is 13.1 Å². The van der Waals surface area contributed by atoms with Gasteiger partial charge in [0.05, 0.1) is 0 Å². The average Bonchev–Trinajstić information content (AvgIpc) is 2.68. The first kappa shape index (κ1) is 28.0. The van der Waals surface area contributed by atoms with Crippen molar-refractivity contribution in [3.05, 3.63) is 0 Å². The summed E-state index contributed by atoms with van der Waals surface area (Å²) in [6.07, 6.45) is 28.9. The highest BCUT2D eigenvalue weighted by Crippen LogP contribution is 2.13. The molecule has 0 amide bonds. The topological polar surface area (TPSA) is 3.24 Å². The Morgan fingerprint density at radius 1 is 0.393 bits per heavy atom. The summed E-state index contributed by atoms with van der Waals surface area (Å²) in [6.45, 7) is 12.0. The van der Waals surface area contributed by atoms with Gasteiger partial charge in [-0.3, -0.25) is 0 Å². The fourth-order valence-electron chi connectivity index (χ4n) is 4.23. The van der Waals surface area contributed by atoms with E-state index in [-0.39, 0.29) is 0 Å². The first-order valence-electron chi connectivity index (χ1n) is 13.5. The summed E-state index contributed by atoms with van der Waals surface area (Å²) < 4.78 is 0. The molecule has 0 aliphatic carbocycles. The fraction of sp³-hybridized carbons (Fsp3) is 1.00. The number of hydrogen-bond acceptors (Lipinski definition) is 1. The molecule has 28 heavy (non-hydrogen) atoms. The van der Waals surface area contributed by atoms with Crippen molar-refractivity contribution in [3.8, 4) is 0 Å². The average molecular weight is 396 g/mol. The lowest BCUT2D eigenvalue weighted by Crippen LogP contribution is -2.32. The molecule has 0 saturated carbocycles. The molecule has 0 aromatic carbocycles. The third kappa shape index (κ3) is 20.7. The number of hydrogen-bond donors (Lipinski definition) is 0. The quantitative estimate of drug-likeness (QED) is 0.156. The second-order valence-corrected chi connectivity index (χ2v) is 9.49. The summed E-state index contributed by atoms with van der Waals surface area (Å²) in [5.41, 5.74) is 0. The fourth-order valence-corrected chi connectivity index (χ4v) is 4.23. The molecule has 0 aromatic heterocycles. The molecule has 0 fully saturated rings. The first-order valence-corrected chi connectivity index (χ1v) is 13.5. The van der Waals surface area contributed by atoms with Crippen LogP contribution in [0.15, 0.2) is 0 Å². The van der Waals surface area contributed by atoms with Crippen LogP contribution in [0, 0.1) is 0 Å². The van der Waals surface area contributed by atoms with Gasteiger partial charge in [-0.15, -0.1) is 0 Å². The van der Waals surface area contributed by atoms with Gasteiger partial charge in [0, 0.05) is 6.04 Å². The van der Waals surface area contributed by atoms with Crippen molar-refractivity contribution in [2.24, 2.45) is 0 Å². The SMILES string of the molecule is CCCCCCCCCCCCN(CCCCCCCCCCCC)C(C)C. The summed E-state index contributed by atoms with van der Waals surface area (Å²) in [5.74, 6) is 0. The van der Waals surface area contributed by atoms with Crippen LogP contribution in [0.3, 0.4) is 0 Å². The van der Waals surface area contributed by atoms with E-state index in [1.165, 1.54) is 142 Å². The van der Waals surface area contributed by atoms with Gasteiger partial charge >= 0.3 is 0 Å². The predicted molar refractivity (Wildman–Crippen MR) is 130 cm³/mol. The normalized spacial score (nSPS) is 11.8. The van der Waals surface area contributed by atoms with Crippen LogP contribution < -0.4 is 0 Å². The largest absolute Gasteiger partial charge is 0.301 e. The van der Waals surface area contributed by atoms with E-state index in [4.69, 9.17) is 0 Å². The highest BCUT2D eigenvalue weighted by atomic mass is 15.1. The molecule has 0 radical (unpaired) electrons. The molecule has 0 saturated heterocycles. The Labute approximate surface area is 180 Å². The summed E-state index contributed by atoms with van der Waals surface area (Å²) in [5, 5.41) is 0. The molecular weight excluding hydrogens is 338 g/mol. The highest BCUT2D eigenvalue weighted by molar-refractivity contribution is 4.63. The molecule has 0 bridgehead atoms. The zero-order chi connectivity index (χ0) is 20.7. The maximum absolute atomic E-state index is 2.73. The van der Waals surface area contributed by atoms with Gasteiger partial charge in [0.2, 0.25) is 0 Å². The maximum Gasteiger partial charge on any atom is 0.00385 e. The van der Waals surface area contributed by atoms with Gasteiger partial charge in [0.1, 0.15) is 0 Å². The van der Waals surface area contributed by atoms with Crippen molar-refractivity contribution >= 4 is 0 Å². The van der Waals surface area contributed by atoms with Gasteiger partial charge in [-0.1, -0.05) is 129 Å². The van der Waals surface area contributed by atoms with E-state index in [9.17, 15) is 0 Å². The maximum atomic E-state index is 2.73. The third-order valence-electron chi connectivity index (χ3n) is 6.33. The van der Waals surface area contributed by atoms with Crippen LogP contribution in [-0.2, 0) is 0 Å². The van der Waals surface area contributed by atoms with Crippen molar-refractivity contribution in [1.29, 1.82) is 0 Å². The molecule has 0 spiro atoms. The zero-order valence-corrected chi connectivity index (χ0v) is 20.6. The van der Waals surface area contributed by atoms with E-state index >= 15 is 0 Å². The minimum absolute atomic E-state index is 0.720. The predicted octanol–water partition coefficient (Wildman–Crippen LogP) is 9.54. The Morgan fingerprint density at radius 3 is 0.893 bits per heavy atom. The zero-order valence-electron chi connectivity index (χ0n) is 20.6. The van der Waals surface area contributed by atoms with E-state index in [1.54, 1.807) is 0 Å². The summed E-state index contributed by atoms with van der Waals surface area (Å²) in [6, 6.07) is 0.720. The minimum Gasteiger partial charge on any atom is -0.301 e. The van der Waals surface area contributed by atoms with Crippen molar-refractivity contribution in [2.45, 2.75) is 162 Å². The molecule has 0 aromatic rings. The Kier molecular flexibility index (Phi) is 23.2. The molecule has 0 N–H and O–H groups in total. The number of unbranched alkanes of at least 4 members (excludes halogenated alkanes) is 18. The molecule has 170 valence electrons. The lowest BCUT2D eigenvalue weighted by Gasteiger charge is -2.26. The molecular formula is C27H57N. The van der Waals surface area contributed by atoms with Crippen molar-refractivity contribution in [1.82, 2.24) is 4.90 Å². The highest BCUT2D eigenvalue weighted by Gasteiger charge is 2.08. The van der Waals surface area contributed by atoms with Gasteiger partial charge in [-0.05, 0) is 39.8 Å². The van der Waals surface area contributed by atoms with Crippen LogP contribution in [0.25, 0.3) is 0 Å². The standard InChI is InChI=1S/C27H57N/c1-5-7-9-11-13-15-17-19-21-23-25-28(27(3)4)26-24-22-20-18-16-14-12-10-8-6-2/h27H,5-26H2,1-4H3. The monoisotopic (exact) mass is 395 g/mol. The van der Waals surface area contributed by atoms with Gasteiger partial charge in [-0.25, -0.2) is 0 Å². The third-order valence-corrected chi connectivity index (χ3v) is 6.33. The molecule has 1 nitrogen and oxygen atoms in total. The Morgan fingerprint density at radius 2 is 0.643 bits per heavy atom. The molecule has 1 heteroatoms. The van der Waals surface area contributed by atoms with Gasteiger partial charge < -0.3 is 4.90 Å². The van der Waals surface area contributed by atoms with Crippen LogP contribution in [0.4, 0.5) is 0 Å². The van der Waals surface area contributed by atoms with Crippen molar-refractivity contribution < 1.29 is 0 Å².